The maximum atomic E-state index is 11.9. The van der Waals surface area contributed by atoms with E-state index >= 15 is 0 Å². The minimum Gasteiger partial charge on any atom is -0.496 e. The number of aromatic nitrogens is 1. The lowest BCUT2D eigenvalue weighted by Gasteiger charge is -2.11. The predicted molar refractivity (Wildman–Crippen MR) is 81.6 cm³/mol. The van der Waals surface area contributed by atoms with Gasteiger partial charge in [-0.3, -0.25) is 4.79 Å². The summed E-state index contributed by atoms with van der Waals surface area (Å²) in [5.74, 6) is 0.684. The second-order valence-corrected chi connectivity index (χ2v) is 4.83. The largest absolute Gasteiger partial charge is 0.496 e. The van der Waals surface area contributed by atoms with Crippen molar-refractivity contribution in [2.45, 2.75) is 0 Å². The van der Waals surface area contributed by atoms with E-state index in [0.717, 1.165) is 16.5 Å². The van der Waals surface area contributed by atoms with Crippen LogP contribution in [0.2, 0.25) is 5.02 Å². The molecule has 0 bridgehead atoms. The highest BCUT2D eigenvalue weighted by atomic mass is 35.5. The maximum absolute atomic E-state index is 11.9. The van der Waals surface area contributed by atoms with Gasteiger partial charge in [-0.05, 0) is 35.2 Å². The zero-order valence-corrected chi connectivity index (χ0v) is 11.6. The monoisotopic (exact) mass is 285 g/mol. The molecule has 0 saturated heterocycles. The van der Waals surface area contributed by atoms with E-state index in [1.807, 2.05) is 36.4 Å². The number of hydrogen-bond donors (Lipinski definition) is 1. The highest BCUT2D eigenvalue weighted by Crippen LogP contribution is 2.37. The molecule has 2 aromatic carbocycles. The zero-order valence-electron chi connectivity index (χ0n) is 10.8. The summed E-state index contributed by atoms with van der Waals surface area (Å²) in [6.07, 6.45) is 1.64. The van der Waals surface area contributed by atoms with Gasteiger partial charge in [-0.2, -0.15) is 0 Å². The number of ether oxygens (including phenoxy) is 1. The molecule has 1 N–H and O–H groups in total. The zero-order chi connectivity index (χ0) is 14.1. The van der Waals surface area contributed by atoms with Crippen molar-refractivity contribution in [3.63, 3.8) is 0 Å². The fourth-order valence-electron chi connectivity index (χ4n) is 2.29. The summed E-state index contributed by atoms with van der Waals surface area (Å²) in [5.41, 5.74) is 1.54. The summed E-state index contributed by atoms with van der Waals surface area (Å²) in [6.45, 7) is 0. The van der Waals surface area contributed by atoms with Gasteiger partial charge in [0.25, 0.3) is 5.56 Å². The molecule has 0 aliphatic carbocycles. The third-order valence-electron chi connectivity index (χ3n) is 3.26. The molecule has 0 spiro atoms. The van der Waals surface area contributed by atoms with Crippen LogP contribution in [0.15, 0.2) is 53.5 Å². The van der Waals surface area contributed by atoms with Gasteiger partial charge in [0.1, 0.15) is 5.75 Å². The number of H-pyrrole nitrogens is 1. The lowest BCUT2D eigenvalue weighted by atomic mass is 10.0. The van der Waals surface area contributed by atoms with Crippen LogP contribution >= 0.6 is 11.6 Å². The van der Waals surface area contributed by atoms with Gasteiger partial charge in [-0.1, -0.05) is 29.8 Å². The molecular weight excluding hydrogens is 274 g/mol. The standard InChI is InChI=1S/C16H12ClNO2/c1-20-14-4-2-3-13(17)15(14)11-6-5-10-7-8-18-16(19)12(10)9-11/h2-9H,1H3,(H,18,19). The molecule has 0 atom stereocenters. The van der Waals surface area contributed by atoms with Crippen LogP contribution in [0, 0.1) is 0 Å². The Morgan fingerprint density at radius 3 is 2.80 bits per heavy atom. The van der Waals surface area contributed by atoms with Crippen molar-refractivity contribution in [1.82, 2.24) is 4.98 Å². The highest BCUT2D eigenvalue weighted by molar-refractivity contribution is 6.33. The Balaban J connectivity index is 2.31. The van der Waals surface area contributed by atoms with Crippen molar-refractivity contribution in [2.75, 3.05) is 7.11 Å². The third kappa shape index (κ3) is 2.06. The molecule has 1 heterocycles. The average molecular weight is 286 g/mol. The topological polar surface area (TPSA) is 42.1 Å². The second-order valence-electron chi connectivity index (χ2n) is 4.43. The van der Waals surface area contributed by atoms with Crippen LogP contribution in [0.5, 0.6) is 5.75 Å². The summed E-state index contributed by atoms with van der Waals surface area (Å²) in [6, 6.07) is 13.0. The van der Waals surface area contributed by atoms with Gasteiger partial charge >= 0.3 is 0 Å². The quantitative estimate of drug-likeness (QED) is 0.777. The van der Waals surface area contributed by atoms with Crippen LogP contribution < -0.4 is 10.3 Å². The summed E-state index contributed by atoms with van der Waals surface area (Å²) in [4.78, 5) is 14.6. The first kappa shape index (κ1) is 12.8. The fraction of sp³-hybridized carbons (Fsp3) is 0.0625. The van der Waals surface area contributed by atoms with Gasteiger partial charge in [0.2, 0.25) is 0 Å². The molecule has 3 rings (SSSR count). The molecule has 0 fully saturated rings. The molecule has 0 aliphatic heterocycles. The van der Waals surface area contributed by atoms with Crippen molar-refractivity contribution in [3.05, 3.63) is 64.0 Å². The molecule has 1 aromatic heterocycles. The van der Waals surface area contributed by atoms with E-state index in [0.29, 0.717) is 16.2 Å². The Morgan fingerprint density at radius 2 is 2.00 bits per heavy atom. The van der Waals surface area contributed by atoms with Crippen molar-refractivity contribution in [3.8, 4) is 16.9 Å². The van der Waals surface area contributed by atoms with E-state index in [4.69, 9.17) is 16.3 Å². The smallest absolute Gasteiger partial charge is 0.255 e. The van der Waals surface area contributed by atoms with Crippen LogP contribution in [0.4, 0.5) is 0 Å². The SMILES string of the molecule is COc1cccc(Cl)c1-c1ccc2cc[nH]c(=O)c2c1. The van der Waals surface area contributed by atoms with E-state index in [1.165, 1.54) is 0 Å². The first-order chi connectivity index (χ1) is 9.70. The Kier molecular flexibility index (Phi) is 3.20. The van der Waals surface area contributed by atoms with E-state index in [9.17, 15) is 4.79 Å². The van der Waals surface area contributed by atoms with Crippen LogP contribution in [-0.2, 0) is 0 Å². The molecule has 0 amide bonds. The van der Waals surface area contributed by atoms with Gasteiger partial charge in [0.05, 0.1) is 12.1 Å². The van der Waals surface area contributed by atoms with Crippen LogP contribution in [0.3, 0.4) is 0 Å². The van der Waals surface area contributed by atoms with Gasteiger partial charge in [-0.25, -0.2) is 0 Å². The lowest BCUT2D eigenvalue weighted by molar-refractivity contribution is 0.416. The lowest BCUT2D eigenvalue weighted by Crippen LogP contribution is -2.04. The molecule has 3 nitrogen and oxygen atoms in total. The molecule has 3 aromatic rings. The number of halogens is 1. The van der Waals surface area contributed by atoms with Crippen LogP contribution in [-0.4, -0.2) is 12.1 Å². The number of aromatic amines is 1. The number of rotatable bonds is 2. The number of pyridine rings is 1. The summed E-state index contributed by atoms with van der Waals surface area (Å²) in [5, 5.41) is 2.12. The second kappa shape index (κ2) is 5.02. The maximum Gasteiger partial charge on any atom is 0.255 e. The molecule has 100 valence electrons. The first-order valence-electron chi connectivity index (χ1n) is 6.15. The van der Waals surface area contributed by atoms with E-state index in [2.05, 4.69) is 4.98 Å². The number of fused-ring (bicyclic) bond motifs is 1. The minimum absolute atomic E-state index is 0.115. The first-order valence-corrected chi connectivity index (χ1v) is 6.53. The molecular formula is C16H12ClNO2. The highest BCUT2D eigenvalue weighted by Gasteiger charge is 2.11. The van der Waals surface area contributed by atoms with Gasteiger partial charge in [0.15, 0.2) is 0 Å². The Labute approximate surface area is 120 Å². The Morgan fingerprint density at radius 1 is 1.15 bits per heavy atom. The minimum atomic E-state index is -0.115. The van der Waals surface area contributed by atoms with E-state index in [1.54, 1.807) is 19.4 Å². The fourth-order valence-corrected chi connectivity index (χ4v) is 2.57. The van der Waals surface area contributed by atoms with Gasteiger partial charge < -0.3 is 9.72 Å². The molecule has 0 unspecified atom stereocenters. The molecule has 0 saturated carbocycles. The summed E-state index contributed by atoms with van der Waals surface area (Å²) >= 11 is 6.27. The van der Waals surface area contributed by atoms with Crippen molar-refractivity contribution < 1.29 is 4.74 Å². The van der Waals surface area contributed by atoms with Crippen molar-refractivity contribution in [1.29, 1.82) is 0 Å². The van der Waals surface area contributed by atoms with E-state index < -0.39 is 0 Å². The number of methoxy groups -OCH3 is 1. The van der Waals surface area contributed by atoms with Gasteiger partial charge in [0, 0.05) is 17.1 Å². The number of benzene rings is 2. The molecule has 20 heavy (non-hydrogen) atoms. The molecule has 4 heteroatoms. The average Bonchev–Trinajstić information content (AvgIpc) is 2.47. The number of hydrogen-bond acceptors (Lipinski definition) is 2. The van der Waals surface area contributed by atoms with Crippen LogP contribution in [0.1, 0.15) is 0 Å². The number of nitrogens with one attached hydrogen (secondary N) is 1. The molecule has 0 aliphatic rings. The normalized spacial score (nSPS) is 10.7. The van der Waals surface area contributed by atoms with E-state index in [-0.39, 0.29) is 5.56 Å². The van der Waals surface area contributed by atoms with Gasteiger partial charge in [-0.15, -0.1) is 0 Å². The van der Waals surface area contributed by atoms with Crippen LogP contribution in [0.25, 0.3) is 21.9 Å². The van der Waals surface area contributed by atoms with Crippen molar-refractivity contribution in [2.24, 2.45) is 0 Å². The summed E-state index contributed by atoms with van der Waals surface area (Å²) < 4.78 is 5.35. The third-order valence-corrected chi connectivity index (χ3v) is 3.57. The Bertz CT molecular complexity index is 839. The molecule has 0 radical (unpaired) electrons. The van der Waals surface area contributed by atoms with Crippen molar-refractivity contribution >= 4 is 22.4 Å². The Hall–Kier alpha value is -2.26. The predicted octanol–water partition coefficient (Wildman–Crippen LogP) is 3.86. The summed E-state index contributed by atoms with van der Waals surface area (Å²) in [7, 11) is 1.60.